The Balaban J connectivity index is 1.52. The van der Waals surface area contributed by atoms with Crippen molar-refractivity contribution in [2.75, 3.05) is 13.1 Å². The van der Waals surface area contributed by atoms with E-state index in [1.807, 2.05) is 30.5 Å². The van der Waals surface area contributed by atoms with Crippen LogP contribution in [0.15, 0.2) is 47.8 Å². The predicted molar refractivity (Wildman–Crippen MR) is 104 cm³/mol. The maximum Gasteiger partial charge on any atom is 0.213 e. The summed E-state index contributed by atoms with van der Waals surface area (Å²) in [6.45, 7) is 5.24. The molecule has 140 valence electrons. The van der Waals surface area contributed by atoms with Gasteiger partial charge >= 0.3 is 0 Å². The van der Waals surface area contributed by atoms with Gasteiger partial charge in [-0.25, -0.2) is 9.98 Å². The fraction of sp³-hybridized carbons (Fsp3) is 0.500. The first-order valence-corrected chi connectivity index (χ1v) is 9.58. The summed E-state index contributed by atoms with van der Waals surface area (Å²) in [6, 6.07) is 8.07. The highest BCUT2D eigenvalue weighted by Crippen LogP contribution is 2.23. The molecule has 0 spiro atoms. The molecule has 0 radical (unpaired) electrons. The summed E-state index contributed by atoms with van der Waals surface area (Å²) in [5.41, 5.74) is 1.11. The van der Waals surface area contributed by atoms with E-state index in [-0.39, 0.29) is 0 Å². The lowest BCUT2D eigenvalue weighted by molar-refractivity contribution is 0.201. The molecular formula is C20H29N5O. The molecule has 2 aromatic heterocycles. The van der Waals surface area contributed by atoms with Crippen molar-refractivity contribution in [1.82, 2.24) is 20.2 Å². The van der Waals surface area contributed by atoms with E-state index in [1.54, 1.807) is 0 Å². The van der Waals surface area contributed by atoms with Gasteiger partial charge in [0.1, 0.15) is 6.10 Å². The lowest BCUT2D eigenvalue weighted by Gasteiger charge is -2.13. The summed E-state index contributed by atoms with van der Waals surface area (Å²) in [6.07, 6.45) is 11.1. The van der Waals surface area contributed by atoms with Crippen molar-refractivity contribution in [1.29, 1.82) is 0 Å². The smallest absolute Gasteiger partial charge is 0.213 e. The van der Waals surface area contributed by atoms with Crippen molar-refractivity contribution >= 4 is 5.96 Å². The number of hydrogen-bond donors (Lipinski definition) is 2. The topological polar surface area (TPSA) is 63.5 Å². The number of rotatable bonds is 8. The summed E-state index contributed by atoms with van der Waals surface area (Å²) in [7, 11) is 0. The average molecular weight is 355 g/mol. The molecule has 2 aromatic rings. The van der Waals surface area contributed by atoms with E-state index < -0.39 is 0 Å². The first-order valence-electron chi connectivity index (χ1n) is 9.58. The highest BCUT2D eigenvalue weighted by atomic mass is 16.5. The van der Waals surface area contributed by atoms with Crippen molar-refractivity contribution in [3.05, 3.63) is 48.4 Å². The number of nitrogens with zero attached hydrogens (tertiary/aromatic N) is 3. The number of hydrogen-bond acceptors (Lipinski definition) is 3. The van der Waals surface area contributed by atoms with Gasteiger partial charge in [0, 0.05) is 44.3 Å². The van der Waals surface area contributed by atoms with Crippen LogP contribution in [0.25, 0.3) is 0 Å². The third kappa shape index (κ3) is 5.79. The molecule has 0 bridgehead atoms. The Bertz CT molecular complexity index is 677. The van der Waals surface area contributed by atoms with Crippen molar-refractivity contribution in [2.45, 2.75) is 51.8 Å². The number of pyridine rings is 1. The average Bonchev–Trinajstić information content (AvgIpc) is 3.34. The Morgan fingerprint density at radius 2 is 2.08 bits per heavy atom. The van der Waals surface area contributed by atoms with Gasteiger partial charge in [-0.15, -0.1) is 0 Å². The summed E-state index contributed by atoms with van der Waals surface area (Å²) in [5.74, 6) is 1.55. The van der Waals surface area contributed by atoms with Gasteiger partial charge in [-0.3, -0.25) is 0 Å². The lowest BCUT2D eigenvalue weighted by atomic mass is 10.2. The Labute approximate surface area is 155 Å². The van der Waals surface area contributed by atoms with Crippen molar-refractivity contribution < 1.29 is 4.74 Å². The van der Waals surface area contributed by atoms with Gasteiger partial charge in [-0.2, -0.15) is 0 Å². The van der Waals surface area contributed by atoms with Gasteiger partial charge < -0.3 is 19.9 Å². The van der Waals surface area contributed by atoms with Crippen molar-refractivity contribution in [3.8, 4) is 5.88 Å². The van der Waals surface area contributed by atoms with Gasteiger partial charge in [0.05, 0.1) is 6.54 Å². The first kappa shape index (κ1) is 18.3. The predicted octanol–water partition coefficient (Wildman–Crippen LogP) is 2.96. The standard InChI is InChI=1S/C20H29N5O/c1-2-21-20(23-11-14-25-12-5-6-13-25)24-16-17-9-10-22-19(15-17)26-18-7-3-4-8-18/h5-6,9-10,12-13,15,18H,2-4,7-8,11,14,16H2,1H3,(H2,21,23,24). The molecular weight excluding hydrogens is 326 g/mol. The SMILES string of the molecule is CCNC(=NCc1ccnc(OC2CCCC2)c1)NCCn1cccc1. The van der Waals surface area contributed by atoms with Crippen LogP contribution in [-0.4, -0.2) is 34.7 Å². The van der Waals surface area contributed by atoms with Crippen LogP contribution < -0.4 is 15.4 Å². The second-order valence-electron chi connectivity index (χ2n) is 6.57. The third-order valence-corrected chi connectivity index (χ3v) is 4.48. The zero-order valence-electron chi connectivity index (χ0n) is 15.5. The Kier molecular flexibility index (Phi) is 6.93. The molecule has 1 aliphatic carbocycles. The van der Waals surface area contributed by atoms with Crippen LogP contribution in [0.5, 0.6) is 5.88 Å². The summed E-state index contributed by atoms with van der Waals surface area (Å²) in [5, 5.41) is 6.66. The quantitative estimate of drug-likeness (QED) is 0.564. The normalized spacial score (nSPS) is 15.2. The summed E-state index contributed by atoms with van der Waals surface area (Å²) in [4.78, 5) is 9.02. The monoisotopic (exact) mass is 355 g/mol. The molecule has 0 saturated heterocycles. The molecule has 1 aliphatic rings. The number of nitrogens with one attached hydrogen (secondary N) is 2. The maximum absolute atomic E-state index is 5.98. The maximum atomic E-state index is 5.98. The van der Waals surface area contributed by atoms with Crippen LogP contribution in [0.1, 0.15) is 38.2 Å². The number of guanidine groups is 1. The molecule has 0 unspecified atom stereocenters. The number of ether oxygens (including phenoxy) is 1. The number of aromatic nitrogens is 2. The Hall–Kier alpha value is -2.50. The molecule has 26 heavy (non-hydrogen) atoms. The van der Waals surface area contributed by atoms with Crippen LogP contribution in [0, 0.1) is 0 Å². The van der Waals surface area contributed by atoms with E-state index in [0.717, 1.165) is 49.9 Å². The molecule has 6 nitrogen and oxygen atoms in total. The van der Waals surface area contributed by atoms with Gasteiger partial charge in [0.25, 0.3) is 0 Å². The molecule has 1 fully saturated rings. The Morgan fingerprint density at radius 1 is 1.27 bits per heavy atom. The first-order chi connectivity index (χ1) is 12.8. The fourth-order valence-electron chi connectivity index (χ4n) is 3.12. The highest BCUT2D eigenvalue weighted by molar-refractivity contribution is 5.79. The minimum atomic E-state index is 0.328. The van der Waals surface area contributed by atoms with Gasteiger partial charge in [-0.05, 0) is 56.4 Å². The molecule has 0 amide bonds. The van der Waals surface area contributed by atoms with Crippen LogP contribution in [0.4, 0.5) is 0 Å². The largest absolute Gasteiger partial charge is 0.474 e. The molecule has 3 rings (SSSR count). The van der Waals surface area contributed by atoms with Crippen LogP contribution in [0.3, 0.4) is 0 Å². The Morgan fingerprint density at radius 3 is 2.85 bits per heavy atom. The third-order valence-electron chi connectivity index (χ3n) is 4.48. The molecule has 0 aromatic carbocycles. The van der Waals surface area contributed by atoms with Gasteiger partial charge in [0.2, 0.25) is 5.88 Å². The zero-order valence-corrected chi connectivity index (χ0v) is 15.5. The van der Waals surface area contributed by atoms with Crippen molar-refractivity contribution in [3.63, 3.8) is 0 Å². The van der Waals surface area contributed by atoms with Gasteiger partial charge in [-0.1, -0.05) is 0 Å². The fourth-order valence-corrected chi connectivity index (χ4v) is 3.12. The van der Waals surface area contributed by atoms with E-state index in [4.69, 9.17) is 4.74 Å². The van der Waals surface area contributed by atoms with E-state index in [1.165, 1.54) is 12.8 Å². The lowest BCUT2D eigenvalue weighted by Crippen LogP contribution is -2.38. The summed E-state index contributed by atoms with van der Waals surface area (Å²) >= 11 is 0. The molecule has 0 aliphatic heterocycles. The molecule has 6 heteroatoms. The highest BCUT2D eigenvalue weighted by Gasteiger charge is 2.16. The van der Waals surface area contributed by atoms with E-state index in [0.29, 0.717) is 12.6 Å². The molecule has 0 atom stereocenters. The molecule has 2 N–H and O–H groups in total. The zero-order chi connectivity index (χ0) is 18.0. The second kappa shape index (κ2) is 9.85. The second-order valence-corrected chi connectivity index (χ2v) is 6.57. The summed E-state index contributed by atoms with van der Waals surface area (Å²) < 4.78 is 8.13. The minimum Gasteiger partial charge on any atom is -0.474 e. The van der Waals surface area contributed by atoms with Crippen LogP contribution >= 0.6 is 0 Å². The van der Waals surface area contributed by atoms with E-state index in [2.05, 4.69) is 44.5 Å². The minimum absolute atomic E-state index is 0.328. The van der Waals surface area contributed by atoms with E-state index >= 15 is 0 Å². The van der Waals surface area contributed by atoms with Crippen LogP contribution in [0.2, 0.25) is 0 Å². The van der Waals surface area contributed by atoms with Crippen LogP contribution in [-0.2, 0) is 13.1 Å². The molecule has 1 saturated carbocycles. The van der Waals surface area contributed by atoms with E-state index in [9.17, 15) is 0 Å². The number of aliphatic imine (C=N–C) groups is 1. The van der Waals surface area contributed by atoms with Crippen molar-refractivity contribution in [2.24, 2.45) is 4.99 Å². The molecule has 2 heterocycles. The van der Waals surface area contributed by atoms with Gasteiger partial charge in [0.15, 0.2) is 5.96 Å².